The van der Waals surface area contributed by atoms with Gasteiger partial charge < -0.3 is 14.8 Å². The molecule has 0 saturated carbocycles. The number of fused-ring (bicyclic) bond motifs is 1. The summed E-state index contributed by atoms with van der Waals surface area (Å²) in [7, 11) is 1.43. The van der Waals surface area contributed by atoms with Crippen molar-refractivity contribution in [3.05, 3.63) is 24.3 Å². The minimum Gasteiger partial charge on any atom is -0.494 e. The topological polar surface area (TPSA) is 56.3 Å². The number of ether oxygens (including phenoxy) is 2. The summed E-state index contributed by atoms with van der Waals surface area (Å²) >= 11 is 0. The lowest BCUT2D eigenvalue weighted by Gasteiger charge is -2.24. The Bertz CT molecular complexity index is 642. The van der Waals surface area contributed by atoms with E-state index in [1.165, 1.54) is 13.4 Å². The molecular formula is C14H16FN3O2. The Morgan fingerprint density at radius 3 is 2.95 bits per heavy atom. The van der Waals surface area contributed by atoms with Crippen LogP contribution in [0.3, 0.4) is 0 Å². The summed E-state index contributed by atoms with van der Waals surface area (Å²) in [6, 6.07) is 3.35. The van der Waals surface area contributed by atoms with Gasteiger partial charge in [0, 0.05) is 12.0 Å². The zero-order valence-electron chi connectivity index (χ0n) is 11.4. The number of hydrogen-bond donors (Lipinski definition) is 1. The van der Waals surface area contributed by atoms with E-state index >= 15 is 0 Å². The highest BCUT2D eigenvalue weighted by molar-refractivity contribution is 5.90. The minimum absolute atomic E-state index is 0.178. The maximum Gasteiger partial charge on any atom is 0.191 e. The summed E-state index contributed by atoms with van der Waals surface area (Å²) in [5, 5.41) is 3.98. The highest BCUT2D eigenvalue weighted by Crippen LogP contribution is 2.30. The third kappa shape index (κ3) is 2.16. The van der Waals surface area contributed by atoms with Crippen molar-refractivity contribution in [1.29, 1.82) is 0 Å². The van der Waals surface area contributed by atoms with Crippen molar-refractivity contribution in [1.82, 2.24) is 9.97 Å². The quantitative estimate of drug-likeness (QED) is 0.933. The lowest BCUT2D eigenvalue weighted by Crippen LogP contribution is -2.35. The molecule has 1 aromatic heterocycles. The van der Waals surface area contributed by atoms with Crippen LogP contribution in [-0.2, 0) is 4.74 Å². The monoisotopic (exact) mass is 277 g/mol. The van der Waals surface area contributed by atoms with Gasteiger partial charge in [-0.3, -0.25) is 0 Å². The van der Waals surface area contributed by atoms with E-state index in [-0.39, 0.29) is 16.8 Å². The van der Waals surface area contributed by atoms with E-state index in [1.807, 2.05) is 0 Å². The van der Waals surface area contributed by atoms with E-state index in [1.54, 1.807) is 12.1 Å². The van der Waals surface area contributed by atoms with Gasteiger partial charge in [-0.15, -0.1) is 0 Å². The summed E-state index contributed by atoms with van der Waals surface area (Å²) in [5.74, 6) is 0.324. The lowest BCUT2D eigenvalue weighted by atomic mass is 10.0. The van der Waals surface area contributed by atoms with Gasteiger partial charge in [-0.1, -0.05) is 0 Å². The fraction of sp³-hybridized carbons (Fsp3) is 0.429. The summed E-state index contributed by atoms with van der Waals surface area (Å²) in [4.78, 5) is 8.24. The maximum atomic E-state index is 14.2. The number of anilines is 1. The Morgan fingerprint density at radius 1 is 1.40 bits per heavy atom. The van der Waals surface area contributed by atoms with E-state index in [0.717, 1.165) is 6.42 Å². The molecule has 1 aliphatic heterocycles. The second kappa shape index (κ2) is 4.86. The van der Waals surface area contributed by atoms with Gasteiger partial charge in [0.05, 0.1) is 19.3 Å². The first-order valence-electron chi connectivity index (χ1n) is 6.46. The first-order valence-corrected chi connectivity index (χ1v) is 6.46. The Labute approximate surface area is 116 Å². The van der Waals surface area contributed by atoms with E-state index in [9.17, 15) is 4.39 Å². The third-order valence-corrected chi connectivity index (χ3v) is 3.57. The molecule has 106 valence electrons. The SMILES string of the molecule is COc1ccc2c(NC3(C)CCOC3)ncnc2c1F. The number of rotatable bonds is 3. The van der Waals surface area contributed by atoms with Crippen LogP contribution in [0.15, 0.2) is 18.5 Å². The van der Waals surface area contributed by atoms with Crippen molar-refractivity contribution in [2.24, 2.45) is 0 Å². The van der Waals surface area contributed by atoms with Crippen LogP contribution in [0.2, 0.25) is 0 Å². The van der Waals surface area contributed by atoms with Crippen LogP contribution in [0.25, 0.3) is 10.9 Å². The van der Waals surface area contributed by atoms with Gasteiger partial charge in [0.25, 0.3) is 0 Å². The van der Waals surface area contributed by atoms with Gasteiger partial charge in [0.15, 0.2) is 11.6 Å². The number of nitrogens with one attached hydrogen (secondary N) is 1. The minimum atomic E-state index is -0.469. The van der Waals surface area contributed by atoms with Crippen molar-refractivity contribution < 1.29 is 13.9 Å². The summed E-state index contributed by atoms with van der Waals surface area (Å²) < 4.78 is 24.6. The fourth-order valence-corrected chi connectivity index (χ4v) is 2.39. The van der Waals surface area contributed by atoms with Crippen molar-refractivity contribution in [2.45, 2.75) is 18.9 Å². The fourth-order valence-electron chi connectivity index (χ4n) is 2.39. The average molecular weight is 277 g/mol. The highest BCUT2D eigenvalue weighted by atomic mass is 19.1. The molecule has 20 heavy (non-hydrogen) atoms. The van der Waals surface area contributed by atoms with Crippen molar-refractivity contribution in [3.8, 4) is 5.75 Å². The lowest BCUT2D eigenvalue weighted by molar-refractivity contribution is 0.185. The van der Waals surface area contributed by atoms with Crippen LogP contribution in [0.4, 0.5) is 10.2 Å². The molecule has 2 aromatic rings. The number of nitrogens with zero attached hydrogens (tertiary/aromatic N) is 2. The molecule has 1 N–H and O–H groups in total. The number of benzene rings is 1. The van der Waals surface area contributed by atoms with Crippen LogP contribution in [0, 0.1) is 5.82 Å². The van der Waals surface area contributed by atoms with Gasteiger partial charge in [-0.2, -0.15) is 0 Å². The van der Waals surface area contributed by atoms with E-state index in [0.29, 0.717) is 24.4 Å². The predicted molar refractivity (Wildman–Crippen MR) is 73.5 cm³/mol. The van der Waals surface area contributed by atoms with Gasteiger partial charge in [0.2, 0.25) is 0 Å². The second-order valence-corrected chi connectivity index (χ2v) is 5.19. The summed E-state index contributed by atoms with van der Waals surface area (Å²) in [5.41, 5.74) is 0.0712. The highest BCUT2D eigenvalue weighted by Gasteiger charge is 2.30. The zero-order chi connectivity index (χ0) is 14.2. The van der Waals surface area contributed by atoms with Gasteiger partial charge in [-0.05, 0) is 25.5 Å². The Hall–Kier alpha value is -1.95. The summed E-state index contributed by atoms with van der Waals surface area (Å²) in [6.45, 7) is 3.39. The second-order valence-electron chi connectivity index (χ2n) is 5.19. The van der Waals surface area contributed by atoms with E-state index in [4.69, 9.17) is 9.47 Å². The van der Waals surface area contributed by atoms with Crippen LogP contribution in [0.1, 0.15) is 13.3 Å². The number of halogens is 1. The largest absolute Gasteiger partial charge is 0.494 e. The van der Waals surface area contributed by atoms with Crippen LogP contribution in [0.5, 0.6) is 5.75 Å². The number of hydrogen-bond acceptors (Lipinski definition) is 5. The Balaban J connectivity index is 2.06. The predicted octanol–water partition coefficient (Wildman–Crippen LogP) is 2.37. The molecule has 0 radical (unpaired) electrons. The van der Waals surface area contributed by atoms with E-state index < -0.39 is 5.82 Å². The molecule has 0 amide bonds. The average Bonchev–Trinajstić information content (AvgIpc) is 2.87. The summed E-state index contributed by atoms with van der Waals surface area (Å²) in [6.07, 6.45) is 2.24. The molecular weight excluding hydrogens is 261 g/mol. The Kier molecular flexibility index (Phi) is 3.17. The first-order chi connectivity index (χ1) is 9.63. The molecule has 0 spiro atoms. The third-order valence-electron chi connectivity index (χ3n) is 3.57. The molecule has 1 atom stereocenters. The van der Waals surface area contributed by atoms with Crippen molar-refractivity contribution in [2.75, 3.05) is 25.6 Å². The maximum absolute atomic E-state index is 14.2. The van der Waals surface area contributed by atoms with Gasteiger partial charge in [-0.25, -0.2) is 14.4 Å². The van der Waals surface area contributed by atoms with Crippen molar-refractivity contribution >= 4 is 16.7 Å². The molecule has 1 aromatic carbocycles. The molecule has 6 heteroatoms. The molecule has 1 unspecified atom stereocenters. The van der Waals surface area contributed by atoms with Gasteiger partial charge in [0.1, 0.15) is 17.7 Å². The van der Waals surface area contributed by atoms with Crippen LogP contribution >= 0.6 is 0 Å². The molecule has 1 saturated heterocycles. The van der Waals surface area contributed by atoms with Crippen LogP contribution in [-0.4, -0.2) is 35.8 Å². The molecule has 1 aliphatic rings. The van der Waals surface area contributed by atoms with E-state index in [2.05, 4.69) is 22.2 Å². The molecule has 2 heterocycles. The molecule has 0 bridgehead atoms. The number of methoxy groups -OCH3 is 1. The molecule has 0 aliphatic carbocycles. The molecule has 5 nitrogen and oxygen atoms in total. The smallest absolute Gasteiger partial charge is 0.191 e. The number of aromatic nitrogens is 2. The molecule has 1 fully saturated rings. The molecule has 3 rings (SSSR count). The zero-order valence-corrected chi connectivity index (χ0v) is 11.4. The van der Waals surface area contributed by atoms with Crippen molar-refractivity contribution in [3.63, 3.8) is 0 Å². The normalized spacial score (nSPS) is 22.1. The Morgan fingerprint density at radius 2 is 2.25 bits per heavy atom. The first kappa shape index (κ1) is 13.1. The van der Waals surface area contributed by atoms with Gasteiger partial charge >= 0.3 is 0 Å². The standard InChI is InChI=1S/C14H16FN3O2/c1-14(5-6-20-7-14)18-13-9-3-4-10(19-2)11(15)12(9)16-8-17-13/h3-4,8H,5-7H2,1-2H3,(H,16,17,18). The van der Waals surface area contributed by atoms with Crippen LogP contribution < -0.4 is 10.1 Å².